The number of hydrogen-bond acceptors (Lipinski definition) is 5. The van der Waals surface area contributed by atoms with Crippen molar-refractivity contribution < 1.29 is 19.1 Å². The molecule has 0 unspecified atom stereocenters. The van der Waals surface area contributed by atoms with Gasteiger partial charge in [-0.25, -0.2) is 0 Å². The first-order valence-electron chi connectivity index (χ1n) is 9.91. The normalized spacial score (nSPS) is 19.1. The van der Waals surface area contributed by atoms with Crippen molar-refractivity contribution in [3.05, 3.63) is 53.6 Å². The summed E-state index contributed by atoms with van der Waals surface area (Å²) in [7, 11) is 0. The molecule has 2 aromatic rings. The van der Waals surface area contributed by atoms with Crippen LogP contribution < -0.4 is 25.8 Å². The lowest BCUT2D eigenvalue weighted by Crippen LogP contribution is -2.29. The monoisotopic (exact) mass is 431 g/mol. The quantitative estimate of drug-likeness (QED) is 0.651. The smallest absolute Gasteiger partial charge is 0.253 e. The Labute approximate surface area is 181 Å². The van der Waals surface area contributed by atoms with Gasteiger partial charge in [0.05, 0.1) is 11.3 Å². The Kier molecular flexibility index (Phi) is 7.18. The summed E-state index contributed by atoms with van der Waals surface area (Å²) in [5.74, 6) is 1.23. The Bertz CT molecular complexity index is 921. The fourth-order valence-corrected chi connectivity index (χ4v) is 3.88. The van der Waals surface area contributed by atoms with Crippen molar-refractivity contribution in [1.82, 2.24) is 5.32 Å². The Morgan fingerprint density at radius 1 is 1.07 bits per heavy atom. The van der Waals surface area contributed by atoms with E-state index in [1.807, 2.05) is 18.2 Å². The molecule has 2 aliphatic rings. The third-order valence-electron chi connectivity index (χ3n) is 5.50. The number of halogens is 1. The van der Waals surface area contributed by atoms with Crippen molar-refractivity contribution in [1.29, 1.82) is 0 Å². The van der Waals surface area contributed by atoms with Crippen LogP contribution in [0.5, 0.6) is 11.5 Å². The summed E-state index contributed by atoms with van der Waals surface area (Å²) in [6.45, 7) is 0.554. The van der Waals surface area contributed by atoms with Gasteiger partial charge in [0.25, 0.3) is 5.91 Å². The summed E-state index contributed by atoms with van der Waals surface area (Å²) in [6, 6.07) is 12.7. The molecule has 4 N–H and O–H groups in total. The Morgan fingerprint density at radius 2 is 1.87 bits per heavy atom. The van der Waals surface area contributed by atoms with Gasteiger partial charge in [0.2, 0.25) is 12.7 Å². The summed E-state index contributed by atoms with van der Waals surface area (Å²) in [5, 5.41) is 5.77. The lowest BCUT2D eigenvalue weighted by atomic mass is 9.99. The molecule has 160 valence electrons. The van der Waals surface area contributed by atoms with Crippen molar-refractivity contribution in [2.75, 3.05) is 12.1 Å². The van der Waals surface area contributed by atoms with Crippen LogP contribution in [0.3, 0.4) is 0 Å². The number of anilines is 1. The van der Waals surface area contributed by atoms with E-state index in [0.717, 1.165) is 24.8 Å². The number of amides is 2. The lowest BCUT2D eigenvalue weighted by molar-refractivity contribution is -0.117. The van der Waals surface area contributed by atoms with Crippen molar-refractivity contribution >= 4 is 29.9 Å². The van der Waals surface area contributed by atoms with Gasteiger partial charge in [-0.05, 0) is 48.6 Å². The van der Waals surface area contributed by atoms with Crippen LogP contribution in [0.1, 0.15) is 41.6 Å². The third kappa shape index (κ3) is 5.04. The molecular formula is C22H26ClN3O4. The summed E-state index contributed by atoms with van der Waals surface area (Å²) in [6.07, 6.45) is 3.40. The number of para-hydroxylation sites is 1. The average molecular weight is 432 g/mol. The number of ether oxygens (including phenoxy) is 2. The molecule has 2 amide bonds. The van der Waals surface area contributed by atoms with Gasteiger partial charge in [-0.1, -0.05) is 24.6 Å². The predicted molar refractivity (Wildman–Crippen MR) is 116 cm³/mol. The van der Waals surface area contributed by atoms with Crippen LogP contribution in [-0.2, 0) is 11.3 Å². The first-order chi connectivity index (χ1) is 14.1. The Balaban J connectivity index is 0.00000256. The largest absolute Gasteiger partial charge is 0.454 e. The Hall–Kier alpha value is -2.77. The molecule has 7 nitrogen and oxygen atoms in total. The summed E-state index contributed by atoms with van der Waals surface area (Å²) < 4.78 is 10.7. The summed E-state index contributed by atoms with van der Waals surface area (Å²) >= 11 is 0. The van der Waals surface area contributed by atoms with Crippen LogP contribution in [0, 0.1) is 5.92 Å². The number of carbonyl (C=O) groups excluding carboxylic acids is 2. The van der Waals surface area contributed by atoms with Crippen LogP contribution in [0.25, 0.3) is 0 Å². The van der Waals surface area contributed by atoms with E-state index < -0.39 is 0 Å². The van der Waals surface area contributed by atoms with Crippen LogP contribution >= 0.6 is 12.4 Å². The molecular weight excluding hydrogens is 406 g/mol. The molecule has 2 aromatic carbocycles. The van der Waals surface area contributed by atoms with Crippen LogP contribution in [0.2, 0.25) is 0 Å². The topological polar surface area (TPSA) is 103 Å². The maximum absolute atomic E-state index is 12.7. The van der Waals surface area contributed by atoms with Gasteiger partial charge in [0, 0.05) is 19.0 Å². The van der Waals surface area contributed by atoms with E-state index in [1.54, 1.807) is 24.3 Å². The summed E-state index contributed by atoms with van der Waals surface area (Å²) in [4.78, 5) is 25.2. The number of nitrogens with one attached hydrogen (secondary N) is 2. The highest BCUT2D eigenvalue weighted by atomic mass is 35.5. The van der Waals surface area contributed by atoms with Gasteiger partial charge < -0.3 is 25.8 Å². The van der Waals surface area contributed by atoms with E-state index in [-0.39, 0.29) is 43.0 Å². The van der Waals surface area contributed by atoms with Crippen molar-refractivity contribution in [2.24, 2.45) is 11.7 Å². The van der Waals surface area contributed by atoms with Gasteiger partial charge >= 0.3 is 0 Å². The van der Waals surface area contributed by atoms with E-state index in [0.29, 0.717) is 35.7 Å². The van der Waals surface area contributed by atoms with E-state index >= 15 is 0 Å². The maximum Gasteiger partial charge on any atom is 0.253 e. The molecule has 30 heavy (non-hydrogen) atoms. The van der Waals surface area contributed by atoms with Crippen molar-refractivity contribution in [3.63, 3.8) is 0 Å². The zero-order valence-corrected chi connectivity index (χ0v) is 17.4. The van der Waals surface area contributed by atoms with E-state index in [9.17, 15) is 9.59 Å². The first-order valence-corrected chi connectivity index (χ1v) is 9.91. The maximum atomic E-state index is 12.7. The zero-order valence-electron chi connectivity index (χ0n) is 16.6. The number of nitrogens with two attached hydrogens (primary N) is 1. The first kappa shape index (κ1) is 21.9. The standard InChI is InChI=1S/C22H25N3O4.ClH/c23-17-6-3-4-15(17)11-21(26)25-18-7-2-1-5-16(18)22(27)24-12-14-8-9-19-20(10-14)29-13-28-19;/h1-2,5,7-10,15,17H,3-4,6,11-13,23H2,(H,24,27)(H,25,26);1H/t15-,17+;/m0./s1. The molecule has 4 rings (SSSR count). The number of carbonyl (C=O) groups is 2. The minimum Gasteiger partial charge on any atom is -0.454 e. The van der Waals surface area contributed by atoms with Crippen LogP contribution in [0.4, 0.5) is 5.69 Å². The number of fused-ring (bicyclic) bond motifs is 1. The second kappa shape index (κ2) is 9.82. The molecule has 1 aliphatic carbocycles. The number of hydrogen-bond donors (Lipinski definition) is 3. The molecule has 1 heterocycles. The zero-order chi connectivity index (χ0) is 20.2. The molecule has 0 spiro atoms. The van der Waals surface area contributed by atoms with E-state index in [1.165, 1.54) is 0 Å². The molecule has 0 radical (unpaired) electrons. The fraction of sp³-hybridized carbons (Fsp3) is 0.364. The highest BCUT2D eigenvalue weighted by Gasteiger charge is 2.26. The molecule has 1 fully saturated rings. The van der Waals surface area contributed by atoms with Crippen LogP contribution in [0.15, 0.2) is 42.5 Å². The predicted octanol–water partition coefficient (Wildman–Crippen LogP) is 3.22. The molecule has 1 saturated carbocycles. The second-order valence-corrected chi connectivity index (χ2v) is 7.52. The molecule has 0 saturated heterocycles. The molecule has 2 atom stereocenters. The molecule has 0 bridgehead atoms. The van der Waals surface area contributed by atoms with Gasteiger partial charge in [-0.15, -0.1) is 12.4 Å². The van der Waals surface area contributed by atoms with Gasteiger partial charge in [0.15, 0.2) is 11.5 Å². The molecule has 0 aromatic heterocycles. The van der Waals surface area contributed by atoms with Crippen LogP contribution in [-0.4, -0.2) is 24.6 Å². The van der Waals surface area contributed by atoms with E-state index in [2.05, 4.69) is 10.6 Å². The van der Waals surface area contributed by atoms with Gasteiger partial charge in [-0.3, -0.25) is 9.59 Å². The van der Waals surface area contributed by atoms with Crippen molar-refractivity contribution in [3.8, 4) is 11.5 Å². The highest BCUT2D eigenvalue weighted by molar-refractivity contribution is 6.03. The van der Waals surface area contributed by atoms with Crippen molar-refractivity contribution in [2.45, 2.75) is 38.3 Å². The third-order valence-corrected chi connectivity index (χ3v) is 5.50. The minimum atomic E-state index is -0.254. The minimum absolute atomic E-state index is 0. The molecule has 8 heteroatoms. The molecule has 1 aliphatic heterocycles. The highest BCUT2D eigenvalue weighted by Crippen LogP contribution is 2.32. The van der Waals surface area contributed by atoms with Gasteiger partial charge in [-0.2, -0.15) is 0 Å². The lowest BCUT2D eigenvalue weighted by Gasteiger charge is -2.16. The SMILES string of the molecule is Cl.N[C@@H]1CCC[C@H]1CC(=O)Nc1ccccc1C(=O)NCc1ccc2c(c1)OCO2. The number of benzene rings is 2. The average Bonchev–Trinajstić information content (AvgIpc) is 3.35. The number of rotatable bonds is 6. The fourth-order valence-electron chi connectivity index (χ4n) is 3.88. The van der Waals surface area contributed by atoms with E-state index in [4.69, 9.17) is 15.2 Å². The second-order valence-electron chi connectivity index (χ2n) is 7.52. The summed E-state index contributed by atoms with van der Waals surface area (Å²) in [5.41, 5.74) is 7.90. The Morgan fingerprint density at radius 3 is 2.67 bits per heavy atom. The van der Waals surface area contributed by atoms with Gasteiger partial charge in [0.1, 0.15) is 0 Å².